The minimum Gasteiger partial charge on any atom is -0.326 e. The Labute approximate surface area is 111 Å². The number of hydrogen-bond donors (Lipinski definition) is 1. The molecule has 0 radical (unpaired) electrons. The van der Waals surface area contributed by atoms with Gasteiger partial charge in [-0.25, -0.2) is 4.68 Å². The van der Waals surface area contributed by atoms with Crippen LogP contribution in [0.4, 0.5) is 0 Å². The lowest BCUT2D eigenvalue weighted by Crippen LogP contribution is -2.12. The number of rotatable bonds is 2. The van der Waals surface area contributed by atoms with E-state index < -0.39 is 0 Å². The summed E-state index contributed by atoms with van der Waals surface area (Å²) < 4.78 is 2.34. The Kier molecular flexibility index (Phi) is 2.71. The summed E-state index contributed by atoms with van der Waals surface area (Å²) in [7, 11) is 0. The van der Waals surface area contributed by atoms with Crippen molar-refractivity contribution in [3.8, 4) is 0 Å². The maximum Gasteiger partial charge on any atom is 0.275 e. The number of hydrogen-bond acceptors (Lipinski definition) is 3. The van der Waals surface area contributed by atoms with E-state index in [1.807, 2.05) is 30.3 Å². The predicted octanol–water partition coefficient (Wildman–Crippen LogP) is 1.93. The van der Waals surface area contributed by atoms with Gasteiger partial charge in [-0.15, -0.1) is 5.10 Å². The maximum absolute atomic E-state index is 11.8. The van der Waals surface area contributed by atoms with Crippen LogP contribution in [-0.2, 0) is 6.54 Å². The molecule has 3 rings (SSSR count). The molecule has 3 aromatic rings. The van der Waals surface area contributed by atoms with Crippen LogP contribution in [0.15, 0.2) is 45.8 Å². The molecule has 2 aromatic heterocycles. The fraction of sp³-hybridized carbons (Fsp3) is 0.0833. The van der Waals surface area contributed by atoms with Gasteiger partial charge in [-0.05, 0) is 21.5 Å². The number of aromatic amines is 1. The average Bonchev–Trinajstić information content (AvgIpc) is 2.80. The first-order valence-corrected chi connectivity index (χ1v) is 6.19. The molecule has 6 heteroatoms. The van der Waals surface area contributed by atoms with Crippen molar-refractivity contribution in [3.63, 3.8) is 0 Å². The minimum atomic E-state index is -0.186. The molecule has 0 aliphatic rings. The Morgan fingerprint density at radius 2 is 2.06 bits per heavy atom. The number of benzene rings is 1. The van der Waals surface area contributed by atoms with Crippen molar-refractivity contribution in [2.75, 3.05) is 0 Å². The van der Waals surface area contributed by atoms with Crippen molar-refractivity contribution in [2.45, 2.75) is 6.54 Å². The highest BCUT2D eigenvalue weighted by molar-refractivity contribution is 9.10. The molecule has 1 N–H and O–H groups in total. The van der Waals surface area contributed by atoms with E-state index in [1.165, 1.54) is 0 Å². The van der Waals surface area contributed by atoms with Crippen LogP contribution in [0.3, 0.4) is 0 Å². The van der Waals surface area contributed by atoms with Crippen molar-refractivity contribution >= 4 is 27.0 Å². The van der Waals surface area contributed by atoms with Gasteiger partial charge in [0.1, 0.15) is 5.52 Å². The smallest absolute Gasteiger partial charge is 0.275 e. The summed E-state index contributed by atoms with van der Waals surface area (Å²) in [6.45, 7) is 0.525. The zero-order chi connectivity index (χ0) is 12.5. The van der Waals surface area contributed by atoms with Crippen LogP contribution in [0, 0.1) is 0 Å². The van der Waals surface area contributed by atoms with Crippen molar-refractivity contribution < 1.29 is 0 Å². The first-order chi connectivity index (χ1) is 8.75. The Hall–Kier alpha value is -1.95. The molecule has 5 nitrogen and oxygen atoms in total. The second kappa shape index (κ2) is 4.38. The van der Waals surface area contributed by atoms with E-state index in [-0.39, 0.29) is 5.56 Å². The number of pyridine rings is 1. The molecular formula is C12H9BrN4O. The Balaban J connectivity index is 2.14. The van der Waals surface area contributed by atoms with Gasteiger partial charge in [-0.2, -0.15) is 0 Å². The third-order valence-corrected chi connectivity index (χ3v) is 3.29. The van der Waals surface area contributed by atoms with Gasteiger partial charge in [-0.1, -0.05) is 35.5 Å². The van der Waals surface area contributed by atoms with Crippen molar-refractivity contribution in [2.24, 2.45) is 0 Å². The van der Waals surface area contributed by atoms with Crippen molar-refractivity contribution in [1.29, 1.82) is 0 Å². The molecule has 0 atom stereocenters. The molecule has 0 amide bonds. The summed E-state index contributed by atoms with van der Waals surface area (Å²) in [5.41, 5.74) is 1.95. The number of nitrogens with zero attached hydrogens (tertiary/aromatic N) is 3. The quantitative estimate of drug-likeness (QED) is 0.787. The highest BCUT2D eigenvalue weighted by Crippen LogP contribution is 2.17. The molecule has 0 unspecified atom stereocenters. The van der Waals surface area contributed by atoms with E-state index in [4.69, 9.17) is 0 Å². The topological polar surface area (TPSA) is 63.6 Å². The van der Waals surface area contributed by atoms with E-state index in [9.17, 15) is 4.79 Å². The number of H-pyrrole nitrogens is 1. The van der Waals surface area contributed by atoms with Crippen LogP contribution in [0.2, 0.25) is 0 Å². The zero-order valence-corrected chi connectivity index (χ0v) is 10.9. The van der Waals surface area contributed by atoms with E-state index in [0.717, 1.165) is 10.0 Å². The summed E-state index contributed by atoms with van der Waals surface area (Å²) in [6.07, 6.45) is 1.58. The number of halogens is 1. The van der Waals surface area contributed by atoms with Gasteiger partial charge < -0.3 is 4.98 Å². The molecule has 0 aliphatic heterocycles. The molecule has 0 aliphatic carbocycles. The largest absolute Gasteiger partial charge is 0.326 e. The predicted molar refractivity (Wildman–Crippen MR) is 71.4 cm³/mol. The summed E-state index contributed by atoms with van der Waals surface area (Å²) in [5, 5.41) is 8.05. The van der Waals surface area contributed by atoms with Gasteiger partial charge in [0.05, 0.1) is 11.0 Å². The fourth-order valence-electron chi connectivity index (χ4n) is 1.83. The highest BCUT2D eigenvalue weighted by Gasteiger charge is 2.11. The standard InChI is InChI=1S/C12H9BrN4O/c13-9-6-14-12(18)11-10(9)15-16-17(11)7-8-4-2-1-3-5-8/h1-6H,7H2,(H,14,18). The Morgan fingerprint density at radius 3 is 2.83 bits per heavy atom. The second-order valence-corrected chi connectivity index (χ2v) is 4.75. The Morgan fingerprint density at radius 1 is 1.28 bits per heavy atom. The lowest BCUT2D eigenvalue weighted by molar-refractivity contribution is 0.667. The molecule has 0 fully saturated rings. The fourth-order valence-corrected chi connectivity index (χ4v) is 2.21. The van der Waals surface area contributed by atoms with E-state index in [0.29, 0.717) is 17.6 Å². The van der Waals surface area contributed by atoms with Crippen LogP contribution in [0.25, 0.3) is 11.0 Å². The molecule has 1 aromatic carbocycles. The molecule has 0 saturated heterocycles. The molecular weight excluding hydrogens is 296 g/mol. The third kappa shape index (κ3) is 1.84. The normalized spacial score (nSPS) is 10.9. The van der Waals surface area contributed by atoms with Crippen LogP contribution >= 0.6 is 15.9 Å². The zero-order valence-electron chi connectivity index (χ0n) is 9.30. The molecule has 0 spiro atoms. The molecule has 18 heavy (non-hydrogen) atoms. The van der Waals surface area contributed by atoms with Crippen LogP contribution in [0.1, 0.15) is 5.56 Å². The summed E-state index contributed by atoms with van der Waals surface area (Å²) in [6, 6.07) is 9.83. The summed E-state index contributed by atoms with van der Waals surface area (Å²) >= 11 is 3.34. The molecule has 0 saturated carbocycles. The molecule has 0 bridgehead atoms. The Bertz CT molecular complexity index is 748. The molecule has 2 heterocycles. The number of aromatic nitrogens is 4. The summed E-state index contributed by atoms with van der Waals surface area (Å²) in [4.78, 5) is 14.5. The molecule has 90 valence electrons. The highest BCUT2D eigenvalue weighted by atomic mass is 79.9. The lowest BCUT2D eigenvalue weighted by atomic mass is 10.2. The van der Waals surface area contributed by atoms with E-state index >= 15 is 0 Å². The van der Waals surface area contributed by atoms with Gasteiger partial charge in [0, 0.05) is 6.20 Å². The van der Waals surface area contributed by atoms with Crippen molar-refractivity contribution in [3.05, 3.63) is 56.9 Å². The third-order valence-electron chi connectivity index (χ3n) is 2.68. The van der Waals surface area contributed by atoms with Gasteiger partial charge in [0.15, 0.2) is 5.52 Å². The SMILES string of the molecule is O=c1[nH]cc(Br)c2nnn(Cc3ccccc3)c12. The first kappa shape index (κ1) is 11.2. The van der Waals surface area contributed by atoms with Crippen LogP contribution < -0.4 is 5.56 Å². The number of fused-ring (bicyclic) bond motifs is 1. The lowest BCUT2D eigenvalue weighted by Gasteiger charge is -2.01. The van der Waals surface area contributed by atoms with E-state index in [2.05, 4.69) is 31.2 Å². The summed E-state index contributed by atoms with van der Waals surface area (Å²) in [5.74, 6) is 0. The van der Waals surface area contributed by atoms with Crippen molar-refractivity contribution in [1.82, 2.24) is 20.0 Å². The second-order valence-electron chi connectivity index (χ2n) is 3.90. The van der Waals surface area contributed by atoms with Gasteiger partial charge >= 0.3 is 0 Å². The maximum atomic E-state index is 11.8. The van der Waals surface area contributed by atoms with Crippen LogP contribution in [-0.4, -0.2) is 20.0 Å². The van der Waals surface area contributed by atoms with E-state index in [1.54, 1.807) is 10.9 Å². The van der Waals surface area contributed by atoms with Gasteiger partial charge in [0.25, 0.3) is 5.56 Å². The number of nitrogens with one attached hydrogen (secondary N) is 1. The van der Waals surface area contributed by atoms with Crippen LogP contribution in [0.5, 0.6) is 0 Å². The van der Waals surface area contributed by atoms with Gasteiger partial charge in [0.2, 0.25) is 0 Å². The van der Waals surface area contributed by atoms with Gasteiger partial charge in [-0.3, -0.25) is 4.79 Å². The minimum absolute atomic E-state index is 0.186. The monoisotopic (exact) mass is 304 g/mol. The first-order valence-electron chi connectivity index (χ1n) is 5.40. The average molecular weight is 305 g/mol.